The number of amides is 2. The van der Waals surface area contributed by atoms with Crippen molar-refractivity contribution in [3.63, 3.8) is 0 Å². The third kappa shape index (κ3) is 8.51. The summed E-state index contributed by atoms with van der Waals surface area (Å²) in [5, 5.41) is 4.41. The number of nitrogens with zero attached hydrogens (tertiary/aromatic N) is 5. The molecule has 11 heteroatoms. The van der Waals surface area contributed by atoms with Crippen molar-refractivity contribution in [2.24, 2.45) is 11.8 Å². The first kappa shape index (κ1) is 36.7. The van der Waals surface area contributed by atoms with E-state index in [1.165, 1.54) is 17.5 Å². The maximum Gasteiger partial charge on any atom is 0.410 e. The highest BCUT2D eigenvalue weighted by molar-refractivity contribution is 7.97. The number of carbonyl (C=O) groups is 2. The van der Waals surface area contributed by atoms with Crippen LogP contribution >= 0.6 is 11.9 Å². The van der Waals surface area contributed by atoms with E-state index in [2.05, 4.69) is 74.7 Å². The van der Waals surface area contributed by atoms with E-state index in [1.54, 1.807) is 4.90 Å². The number of nitrogens with one attached hydrogen (secondary N) is 2. The Kier molecular flexibility index (Phi) is 10.2. The quantitative estimate of drug-likeness (QED) is 0.253. The van der Waals surface area contributed by atoms with E-state index in [-0.39, 0.29) is 29.0 Å². The molecule has 0 radical (unpaired) electrons. The molecular formula is C40H53N7O3S. The summed E-state index contributed by atoms with van der Waals surface area (Å²) in [6.07, 6.45) is 6.29. The normalized spacial score (nSPS) is 22.5. The van der Waals surface area contributed by atoms with Crippen LogP contribution < -0.4 is 14.9 Å². The van der Waals surface area contributed by atoms with Crippen LogP contribution in [0.5, 0.6) is 0 Å². The van der Waals surface area contributed by atoms with Crippen LogP contribution in [0.4, 0.5) is 16.4 Å². The summed E-state index contributed by atoms with van der Waals surface area (Å²) in [4.78, 5) is 45.5. The molecule has 51 heavy (non-hydrogen) atoms. The second-order valence-electron chi connectivity index (χ2n) is 16.9. The number of fused-ring (bicyclic) bond motifs is 6. The molecule has 0 aromatic carbocycles. The van der Waals surface area contributed by atoms with E-state index in [1.807, 2.05) is 57.3 Å². The molecule has 1 fully saturated rings. The maximum atomic E-state index is 13.8. The van der Waals surface area contributed by atoms with Gasteiger partial charge in [0.15, 0.2) is 0 Å². The van der Waals surface area contributed by atoms with Gasteiger partial charge in [-0.15, -0.1) is 0 Å². The molecule has 3 aliphatic heterocycles. The Hall–Kier alpha value is -4.12. The Morgan fingerprint density at radius 3 is 2.55 bits per heavy atom. The molecule has 4 bridgehead atoms. The Morgan fingerprint density at radius 1 is 1.06 bits per heavy atom. The van der Waals surface area contributed by atoms with E-state index in [9.17, 15) is 9.59 Å². The minimum Gasteiger partial charge on any atom is -0.444 e. The van der Waals surface area contributed by atoms with Gasteiger partial charge in [-0.05, 0) is 113 Å². The zero-order chi connectivity index (χ0) is 36.7. The second-order valence-corrected chi connectivity index (χ2v) is 17.7. The lowest BCUT2D eigenvalue weighted by Gasteiger charge is -2.34. The van der Waals surface area contributed by atoms with Crippen LogP contribution in [0.25, 0.3) is 5.57 Å². The molecule has 0 saturated carbocycles. The molecule has 3 unspecified atom stereocenters. The molecule has 0 aliphatic carbocycles. The molecule has 2 amide bonds. The second kappa shape index (κ2) is 14.1. The summed E-state index contributed by atoms with van der Waals surface area (Å²) in [5.74, 6) is 1.97. The van der Waals surface area contributed by atoms with Gasteiger partial charge in [0, 0.05) is 54.4 Å². The van der Waals surface area contributed by atoms with E-state index < -0.39 is 5.60 Å². The summed E-state index contributed by atoms with van der Waals surface area (Å²) >= 11 is 1.21. The van der Waals surface area contributed by atoms with E-state index in [0.29, 0.717) is 35.5 Å². The number of hydrogen-bond acceptors (Lipinski definition) is 9. The van der Waals surface area contributed by atoms with E-state index in [4.69, 9.17) is 19.7 Å². The predicted molar refractivity (Wildman–Crippen MR) is 205 cm³/mol. The number of pyridine rings is 3. The van der Waals surface area contributed by atoms with Crippen LogP contribution in [0.2, 0.25) is 0 Å². The van der Waals surface area contributed by atoms with Gasteiger partial charge in [0.05, 0.1) is 17.3 Å². The van der Waals surface area contributed by atoms with E-state index in [0.717, 1.165) is 54.4 Å². The van der Waals surface area contributed by atoms with Gasteiger partial charge in [-0.1, -0.05) is 39.8 Å². The van der Waals surface area contributed by atoms with Crippen molar-refractivity contribution >= 4 is 41.2 Å². The molecule has 6 rings (SSSR count). The van der Waals surface area contributed by atoms with Crippen LogP contribution in [0.1, 0.15) is 115 Å². The zero-order valence-corrected chi connectivity index (χ0v) is 32.4. The topological polar surface area (TPSA) is 113 Å². The van der Waals surface area contributed by atoms with Gasteiger partial charge in [-0.2, -0.15) is 0 Å². The number of anilines is 2. The van der Waals surface area contributed by atoms with Gasteiger partial charge in [0.2, 0.25) is 0 Å². The average molecular weight is 712 g/mol. The summed E-state index contributed by atoms with van der Waals surface area (Å²) in [5.41, 5.74) is 3.90. The monoisotopic (exact) mass is 711 g/mol. The smallest absolute Gasteiger partial charge is 0.410 e. The third-order valence-corrected chi connectivity index (χ3v) is 10.9. The Labute approximate surface area is 307 Å². The van der Waals surface area contributed by atoms with Crippen molar-refractivity contribution in [2.45, 2.75) is 109 Å². The van der Waals surface area contributed by atoms with E-state index >= 15 is 0 Å². The first-order valence-electron chi connectivity index (χ1n) is 18.1. The van der Waals surface area contributed by atoms with Gasteiger partial charge in [-0.25, -0.2) is 14.8 Å². The lowest BCUT2D eigenvalue weighted by atomic mass is 9.83. The van der Waals surface area contributed by atoms with Crippen molar-refractivity contribution in [2.75, 3.05) is 29.9 Å². The van der Waals surface area contributed by atoms with Gasteiger partial charge < -0.3 is 19.9 Å². The van der Waals surface area contributed by atoms with Gasteiger partial charge in [-0.3, -0.25) is 14.5 Å². The van der Waals surface area contributed by atoms with Crippen molar-refractivity contribution in [1.82, 2.24) is 24.6 Å². The molecular weight excluding hydrogens is 659 g/mol. The van der Waals surface area contributed by atoms with Gasteiger partial charge >= 0.3 is 6.09 Å². The summed E-state index contributed by atoms with van der Waals surface area (Å²) < 4.78 is 8.65. The molecule has 3 aromatic rings. The molecule has 0 spiro atoms. The number of ether oxygens (including phenoxy) is 1. The van der Waals surface area contributed by atoms with Crippen molar-refractivity contribution in [3.05, 3.63) is 77.3 Å². The van der Waals surface area contributed by atoms with Crippen LogP contribution in [0, 0.1) is 11.8 Å². The van der Waals surface area contributed by atoms with Crippen LogP contribution in [0.3, 0.4) is 0 Å². The highest BCUT2D eigenvalue weighted by atomic mass is 32.2. The van der Waals surface area contributed by atoms with Crippen molar-refractivity contribution in [3.8, 4) is 0 Å². The lowest BCUT2D eigenvalue weighted by molar-refractivity contribution is 0.0270. The standard InChI is InChI=1S/C40H53N7O3S/c1-25-21-31(30-22-27(15-18-41-30)26-16-19-46(20-17-26)37(49)50-39(5,6)7)42-33-11-10-12-34(44-33)51-45-36(48)29-13-14-32(38(2,3)4)43-35(29)47-24-28(25)23-40(47,8)9/h10-16,18,22,25,28,31H,17,19-21,23-24H2,1-9H3,(H,42,44)(H,45,48). The highest BCUT2D eigenvalue weighted by Gasteiger charge is 2.43. The zero-order valence-electron chi connectivity index (χ0n) is 31.5. The fourth-order valence-corrected chi connectivity index (χ4v) is 7.86. The first-order chi connectivity index (χ1) is 24.0. The minimum absolute atomic E-state index is 0.107. The Balaban J connectivity index is 1.32. The van der Waals surface area contributed by atoms with Crippen LogP contribution in [-0.2, 0) is 10.2 Å². The SMILES string of the molecule is CC1CC(c2cc(C3=CCN(C(=O)OC(C)(C)C)CC3)ccn2)Nc2cccc(n2)SNC(=O)c2ccc(C(C)(C)C)nc2N2CC1CC2(C)C. The summed E-state index contributed by atoms with van der Waals surface area (Å²) in [6.45, 7) is 20.9. The molecule has 272 valence electrons. The minimum atomic E-state index is -0.527. The lowest BCUT2D eigenvalue weighted by Crippen LogP contribution is -2.40. The number of aromatic nitrogens is 3. The van der Waals surface area contributed by atoms with Crippen LogP contribution in [-0.4, -0.2) is 62.6 Å². The largest absolute Gasteiger partial charge is 0.444 e. The Morgan fingerprint density at radius 2 is 1.84 bits per heavy atom. The molecule has 3 aromatic heterocycles. The average Bonchev–Trinajstić information content (AvgIpc) is 3.40. The van der Waals surface area contributed by atoms with Gasteiger partial charge in [0.25, 0.3) is 5.91 Å². The maximum absolute atomic E-state index is 13.8. The first-order valence-corrected chi connectivity index (χ1v) is 18.9. The molecule has 3 aliphatic rings. The van der Waals surface area contributed by atoms with Crippen molar-refractivity contribution < 1.29 is 14.3 Å². The molecule has 3 atom stereocenters. The summed E-state index contributed by atoms with van der Waals surface area (Å²) in [6, 6.07) is 13.9. The number of hydrogen-bond donors (Lipinski definition) is 2. The third-order valence-electron chi connectivity index (χ3n) is 10.1. The van der Waals surface area contributed by atoms with Crippen molar-refractivity contribution in [1.29, 1.82) is 0 Å². The number of rotatable bonds is 2. The van der Waals surface area contributed by atoms with Crippen LogP contribution in [0.15, 0.2) is 59.8 Å². The number of carbonyl (C=O) groups excluding carboxylic acids is 2. The Bertz CT molecular complexity index is 1810. The molecule has 6 heterocycles. The summed E-state index contributed by atoms with van der Waals surface area (Å²) in [7, 11) is 0. The predicted octanol–water partition coefficient (Wildman–Crippen LogP) is 8.43. The molecule has 2 N–H and O–H groups in total. The fourth-order valence-electron chi connectivity index (χ4n) is 7.27. The molecule has 1 saturated heterocycles. The molecule has 10 nitrogen and oxygen atoms in total. The highest BCUT2D eigenvalue weighted by Crippen LogP contribution is 2.43. The fraction of sp³-hybridized carbons (Fsp3) is 0.525. The van der Waals surface area contributed by atoms with Gasteiger partial charge in [0.1, 0.15) is 22.3 Å².